The molecule has 2 N–H and O–H groups in total. The lowest BCUT2D eigenvalue weighted by molar-refractivity contribution is 0.0740. The quantitative estimate of drug-likeness (QED) is 0.948. The molecule has 1 amide bonds. The fourth-order valence-electron chi connectivity index (χ4n) is 2.93. The van der Waals surface area contributed by atoms with Gasteiger partial charge in [-0.25, -0.2) is 4.98 Å². The fourth-order valence-corrected chi connectivity index (χ4v) is 3.58. The number of amides is 1. The molecule has 2 unspecified atom stereocenters. The molecule has 1 fully saturated rings. The van der Waals surface area contributed by atoms with E-state index >= 15 is 0 Å². The van der Waals surface area contributed by atoms with E-state index in [4.69, 9.17) is 5.73 Å². The Bertz CT molecular complexity index is 625. The average Bonchev–Trinajstić information content (AvgIpc) is 3.14. The first kappa shape index (κ1) is 14.2. The molecular formula is C16H19N3OS. The van der Waals surface area contributed by atoms with Crippen molar-refractivity contribution < 1.29 is 4.79 Å². The minimum Gasteiger partial charge on any atom is -0.334 e. The Labute approximate surface area is 128 Å². The molecule has 1 saturated heterocycles. The van der Waals surface area contributed by atoms with Gasteiger partial charge in [0.1, 0.15) is 10.7 Å². The van der Waals surface area contributed by atoms with Crippen LogP contribution >= 0.6 is 11.3 Å². The standard InChI is InChI=1S/C16H19N3OS/c1-11-7-13(12-5-3-2-4-6-12)9-19(11)16(20)14-10-21-15(8-17)18-14/h2-6,10-11,13H,7-9,17H2,1H3. The lowest BCUT2D eigenvalue weighted by Gasteiger charge is -2.20. The second-order valence-corrected chi connectivity index (χ2v) is 6.42. The third kappa shape index (κ3) is 2.84. The van der Waals surface area contributed by atoms with E-state index in [1.807, 2.05) is 16.3 Å². The van der Waals surface area contributed by atoms with Crippen molar-refractivity contribution in [3.05, 3.63) is 52.0 Å². The monoisotopic (exact) mass is 301 g/mol. The molecule has 21 heavy (non-hydrogen) atoms. The number of carbonyl (C=O) groups excluding carboxylic acids is 1. The number of thiazole rings is 1. The zero-order chi connectivity index (χ0) is 14.8. The van der Waals surface area contributed by atoms with E-state index in [2.05, 4.69) is 36.2 Å². The van der Waals surface area contributed by atoms with E-state index in [0.29, 0.717) is 18.2 Å². The lowest BCUT2D eigenvalue weighted by Crippen LogP contribution is -2.34. The predicted octanol–water partition coefficient (Wildman–Crippen LogP) is 2.62. The van der Waals surface area contributed by atoms with Crippen LogP contribution in [0.1, 0.15) is 40.3 Å². The number of rotatable bonds is 3. The van der Waals surface area contributed by atoms with Gasteiger partial charge in [0, 0.05) is 30.4 Å². The van der Waals surface area contributed by atoms with Crippen LogP contribution in [0.5, 0.6) is 0 Å². The van der Waals surface area contributed by atoms with Crippen molar-refractivity contribution in [2.24, 2.45) is 5.73 Å². The topological polar surface area (TPSA) is 59.2 Å². The maximum Gasteiger partial charge on any atom is 0.273 e. The number of nitrogens with two attached hydrogens (primary N) is 1. The van der Waals surface area contributed by atoms with E-state index in [0.717, 1.165) is 18.0 Å². The fraction of sp³-hybridized carbons (Fsp3) is 0.375. The van der Waals surface area contributed by atoms with Gasteiger partial charge in [-0.1, -0.05) is 30.3 Å². The van der Waals surface area contributed by atoms with Crippen molar-refractivity contribution in [3.8, 4) is 0 Å². The molecule has 0 aliphatic carbocycles. The summed E-state index contributed by atoms with van der Waals surface area (Å²) in [7, 11) is 0. The van der Waals surface area contributed by atoms with E-state index in [-0.39, 0.29) is 11.9 Å². The highest BCUT2D eigenvalue weighted by Crippen LogP contribution is 2.32. The highest BCUT2D eigenvalue weighted by atomic mass is 32.1. The second kappa shape index (κ2) is 5.95. The van der Waals surface area contributed by atoms with Crippen molar-refractivity contribution in [1.82, 2.24) is 9.88 Å². The summed E-state index contributed by atoms with van der Waals surface area (Å²) in [6.07, 6.45) is 1.00. The number of likely N-dealkylation sites (tertiary alicyclic amines) is 1. The Balaban J connectivity index is 1.75. The first-order valence-corrected chi connectivity index (χ1v) is 8.07. The lowest BCUT2D eigenvalue weighted by atomic mass is 9.97. The minimum absolute atomic E-state index is 0.0249. The van der Waals surface area contributed by atoms with Gasteiger partial charge in [0.25, 0.3) is 5.91 Å². The second-order valence-electron chi connectivity index (χ2n) is 5.48. The molecule has 2 heterocycles. The molecule has 1 aliphatic heterocycles. The van der Waals surface area contributed by atoms with Crippen LogP contribution in [0.2, 0.25) is 0 Å². The Morgan fingerprint density at radius 1 is 1.43 bits per heavy atom. The van der Waals surface area contributed by atoms with Crippen molar-refractivity contribution in [2.75, 3.05) is 6.54 Å². The molecule has 2 aromatic rings. The van der Waals surface area contributed by atoms with Crippen LogP contribution in [0.3, 0.4) is 0 Å². The molecule has 1 aromatic heterocycles. The van der Waals surface area contributed by atoms with E-state index in [1.165, 1.54) is 16.9 Å². The van der Waals surface area contributed by atoms with E-state index < -0.39 is 0 Å². The first-order valence-electron chi connectivity index (χ1n) is 7.19. The Morgan fingerprint density at radius 3 is 2.86 bits per heavy atom. The average molecular weight is 301 g/mol. The van der Waals surface area contributed by atoms with Crippen LogP contribution in [0.15, 0.2) is 35.7 Å². The molecule has 110 valence electrons. The summed E-state index contributed by atoms with van der Waals surface area (Å²) in [5, 5.41) is 2.62. The Kier molecular flexibility index (Phi) is 4.03. The van der Waals surface area contributed by atoms with Gasteiger partial charge in [0.2, 0.25) is 0 Å². The smallest absolute Gasteiger partial charge is 0.273 e. The normalized spacial score (nSPS) is 21.7. The van der Waals surface area contributed by atoms with Crippen molar-refractivity contribution in [1.29, 1.82) is 0 Å². The maximum absolute atomic E-state index is 12.6. The van der Waals surface area contributed by atoms with Crippen molar-refractivity contribution >= 4 is 17.2 Å². The number of carbonyl (C=O) groups is 1. The SMILES string of the molecule is CC1CC(c2ccccc2)CN1C(=O)c1csc(CN)n1. The number of benzene rings is 1. The molecule has 0 radical (unpaired) electrons. The highest BCUT2D eigenvalue weighted by Gasteiger charge is 2.34. The largest absolute Gasteiger partial charge is 0.334 e. The highest BCUT2D eigenvalue weighted by molar-refractivity contribution is 7.09. The van der Waals surface area contributed by atoms with Crippen LogP contribution in [-0.2, 0) is 6.54 Å². The van der Waals surface area contributed by atoms with Gasteiger partial charge in [-0.2, -0.15) is 0 Å². The molecular weight excluding hydrogens is 282 g/mol. The third-order valence-corrected chi connectivity index (χ3v) is 4.92. The number of aromatic nitrogens is 1. The molecule has 0 saturated carbocycles. The van der Waals surface area contributed by atoms with Crippen molar-refractivity contribution in [3.63, 3.8) is 0 Å². The third-order valence-electron chi connectivity index (χ3n) is 4.05. The van der Waals surface area contributed by atoms with Crippen LogP contribution in [-0.4, -0.2) is 28.4 Å². The summed E-state index contributed by atoms with van der Waals surface area (Å²) < 4.78 is 0. The summed E-state index contributed by atoms with van der Waals surface area (Å²) in [6, 6.07) is 10.7. The molecule has 1 aromatic carbocycles. The molecule has 0 spiro atoms. The van der Waals surface area contributed by atoms with Gasteiger partial charge in [-0.05, 0) is 18.9 Å². The molecule has 2 atom stereocenters. The molecule has 4 nitrogen and oxygen atoms in total. The summed E-state index contributed by atoms with van der Waals surface area (Å²) in [6.45, 7) is 3.26. The molecule has 5 heteroatoms. The van der Waals surface area contributed by atoms with Crippen LogP contribution in [0.4, 0.5) is 0 Å². The summed E-state index contributed by atoms with van der Waals surface area (Å²) in [5.74, 6) is 0.439. The van der Waals surface area contributed by atoms with Gasteiger partial charge in [0.05, 0.1) is 0 Å². The van der Waals surface area contributed by atoms with Crippen LogP contribution in [0.25, 0.3) is 0 Å². The number of nitrogens with zero attached hydrogens (tertiary/aromatic N) is 2. The number of hydrogen-bond donors (Lipinski definition) is 1. The van der Waals surface area contributed by atoms with Gasteiger partial charge >= 0.3 is 0 Å². The number of hydrogen-bond acceptors (Lipinski definition) is 4. The summed E-state index contributed by atoms with van der Waals surface area (Å²) >= 11 is 1.45. The predicted molar refractivity (Wildman–Crippen MR) is 84.3 cm³/mol. The Hall–Kier alpha value is -1.72. The molecule has 0 bridgehead atoms. The summed E-state index contributed by atoms with van der Waals surface area (Å²) in [4.78, 5) is 18.8. The molecule has 1 aliphatic rings. The van der Waals surface area contributed by atoms with Crippen LogP contribution < -0.4 is 5.73 Å². The summed E-state index contributed by atoms with van der Waals surface area (Å²) in [5.41, 5.74) is 7.40. The first-order chi connectivity index (χ1) is 10.2. The zero-order valence-corrected chi connectivity index (χ0v) is 12.8. The van der Waals surface area contributed by atoms with E-state index in [1.54, 1.807) is 0 Å². The zero-order valence-electron chi connectivity index (χ0n) is 12.0. The maximum atomic E-state index is 12.6. The van der Waals surface area contributed by atoms with E-state index in [9.17, 15) is 4.79 Å². The Morgan fingerprint density at radius 2 is 2.19 bits per heavy atom. The van der Waals surface area contributed by atoms with Gasteiger partial charge < -0.3 is 10.6 Å². The van der Waals surface area contributed by atoms with Gasteiger partial charge in [-0.15, -0.1) is 11.3 Å². The van der Waals surface area contributed by atoms with Crippen LogP contribution in [0, 0.1) is 0 Å². The van der Waals surface area contributed by atoms with Gasteiger partial charge in [0.15, 0.2) is 0 Å². The van der Waals surface area contributed by atoms with Crippen molar-refractivity contribution in [2.45, 2.75) is 31.8 Å². The van der Waals surface area contributed by atoms with Gasteiger partial charge in [-0.3, -0.25) is 4.79 Å². The molecule has 3 rings (SSSR count). The minimum atomic E-state index is 0.0249.